The Morgan fingerprint density at radius 3 is 1.91 bits per heavy atom. The predicted molar refractivity (Wildman–Crippen MR) is 226 cm³/mol. The van der Waals surface area contributed by atoms with Crippen molar-refractivity contribution in [3.05, 3.63) is 27.8 Å². The molecule has 0 bridgehead atoms. The van der Waals surface area contributed by atoms with Crippen molar-refractivity contribution >= 4 is 17.6 Å². The first-order valence-electron chi connectivity index (χ1n) is 20.7. The number of aliphatic hydroxyl groups excluding tert-OH is 1. The fraction of sp³-hybridized carbons (Fsp3) is 0.822. The van der Waals surface area contributed by atoms with Gasteiger partial charge < -0.3 is 38.3 Å². The molecule has 0 radical (unpaired) electrons. The monoisotopic (exact) mass is 826 g/mol. The van der Waals surface area contributed by atoms with Gasteiger partial charge in [-0.1, -0.05) is 68.7 Å². The summed E-state index contributed by atoms with van der Waals surface area (Å²) >= 11 is 0. The molecule has 0 amide bonds. The third kappa shape index (κ3) is 15.2. The van der Waals surface area contributed by atoms with E-state index in [0.29, 0.717) is 31.8 Å². The molecule has 1 aromatic rings. The van der Waals surface area contributed by atoms with E-state index in [9.17, 15) is 24.8 Å². The molecule has 3 atom stereocenters. The zero-order valence-electron chi connectivity index (χ0n) is 39.1. The van der Waals surface area contributed by atoms with Crippen LogP contribution in [0.15, 0.2) is 12.1 Å². The average molecular weight is 826 g/mol. The van der Waals surface area contributed by atoms with E-state index >= 15 is 0 Å². The molecule has 0 aliphatic heterocycles. The molecule has 1 rings (SSSR count). The molecule has 0 aromatic heterocycles. The lowest BCUT2D eigenvalue weighted by Gasteiger charge is -2.48. The molecule has 58 heavy (non-hydrogen) atoms. The Bertz CT molecular complexity index is 1480. The SMILES string of the molecule is CCC(C)CC(C)(C(=O)OC(C)(C)CCOC(C)(C)OC)C(C)(C)CCC(C)(C)CC(C)(C(=O)OCCOCCOc1cc([N+](=O)[O-])c(CO)cc1OC)C(C)(C)C. The summed E-state index contributed by atoms with van der Waals surface area (Å²) in [5.41, 5.74) is -3.65. The summed E-state index contributed by atoms with van der Waals surface area (Å²) in [6.45, 7) is 31.0. The van der Waals surface area contributed by atoms with Crippen LogP contribution in [0.4, 0.5) is 5.69 Å². The Hall–Kier alpha value is -3.00. The number of ether oxygens (including phenoxy) is 7. The maximum absolute atomic E-state index is 14.3. The number of hydrogen-bond donors (Lipinski definition) is 1. The number of carbonyl (C=O) groups excluding carboxylic acids is 2. The number of rotatable bonds is 27. The maximum Gasteiger partial charge on any atom is 0.312 e. The van der Waals surface area contributed by atoms with E-state index in [0.717, 1.165) is 19.3 Å². The second-order valence-corrected chi connectivity index (χ2v) is 19.9. The van der Waals surface area contributed by atoms with Crippen LogP contribution in [0.25, 0.3) is 0 Å². The fourth-order valence-electron chi connectivity index (χ4n) is 6.93. The highest BCUT2D eigenvalue weighted by atomic mass is 16.7. The van der Waals surface area contributed by atoms with E-state index in [4.69, 9.17) is 33.2 Å². The van der Waals surface area contributed by atoms with Crippen molar-refractivity contribution in [3.63, 3.8) is 0 Å². The van der Waals surface area contributed by atoms with Gasteiger partial charge in [0.15, 0.2) is 17.3 Å². The second kappa shape index (κ2) is 21.5. The van der Waals surface area contributed by atoms with Crippen molar-refractivity contribution < 1.29 is 52.8 Å². The molecule has 0 heterocycles. The lowest BCUT2D eigenvalue weighted by atomic mass is 9.57. The van der Waals surface area contributed by atoms with Gasteiger partial charge in [-0.2, -0.15) is 0 Å². The van der Waals surface area contributed by atoms with E-state index in [1.165, 1.54) is 19.2 Å². The van der Waals surface area contributed by atoms with Gasteiger partial charge in [-0.3, -0.25) is 19.7 Å². The van der Waals surface area contributed by atoms with Crippen molar-refractivity contribution in [2.75, 3.05) is 47.3 Å². The molecule has 0 aliphatic carbocycles. The first-order chi connectivity index (χ1) is 26.5. The molecular formula is C45H79NO12. The van der Waals surface area contributed by atoms with Crippen LogP contribution in [0.5, 0.6) is 11.5 Å². The van der Waals surface area contributed by atoms with E-state index in [1.54, 1.807) is 7.11 Å². The summed E-state index contributed by atoms with van der Waals surface area (Å²) in [6.07, 6.45) is 4.23. The van der Waals surface area contributed by atoms with Crippen molar-refractivity contribution in [1.29, 1.82) is 0 Å². The fourth-order valence-corrected chi connectivity index (χ4v) is 6.93. The maximum atomic E-state index is 14.3. The highest BCUT2D eigenvalue weighted by molar-refractivity contribution is 5.78. The first-order valence-corrected chi connectivity index (χ1v) is 20.7. The summed E-state index contributed by atoms with van der Waals surface area (Å²) in [5.74, 6) is -0.521. The third-order valence-corrected chi connectivity index (χ3v) is 12.5. The molecule has 0 fully saturated rings. The van der Waals surface area contributed by atoms with Gasteiger partial charge in [0.05, 0.1) is 60.9 Å². The van der Waals surface area contributed by atoms with Gasteiger partial charge >= 0.3 is 11.9 Å². The van der Waals surface area contributed by atoms with Crippen LogP contribution in [-0.2, 0) is 39.9 Å². The third-order valence-electron chi connectivity index (χ3n) is 12.5. The average Bonchev–Trinajstić information content (AvgIpc) is 3.11. The number of esters is 2. The topological polar surface area (TPSA) is 162 Å². The van der Waals surface area contributed by atoms with Crippen LogP contribution in [0, 0.1) is 43.1 Å². The van der Waals surface area contributed by atoms with Gasteiger partial charge in [-0.15, -0.1) is 0 Å². The zero-order chi connectivity index (χ0) is 45.0. The number of nitro benzene ring substituents is 1. The van der Waals surface area contributed by atoms with Gasteiger partial charge in [0, 0.05) is 13.5 Å². The smallest absolute Gasteiger partial charge is 0.312 e. The Balaban J connectivity index is 2.99. The summed E-state index contributed by atoms with van der Waals surface area (Å²) < 4.78 is 40.0. The van der Waals surface area contributed by atoms with Crippen molar-refractivity contribution in [2.45, 2.75) is 160 Å². The van der Waals surface area contributed by atoms with Crippen LogP contribution in [0.2, 0.25) is 0 Å². The lowest BCUT2D eigenvalue weighted by Crippen LogP contribution is -2.48. The highest BCUT2D eigenvalue weighted by Gasteiger charge is 2.52. The largest absolute Gasteiger partial charge is 0.493 e. The molecule has 3 unspecified atom stereocenters. The number of benzene rings is 1. The van der Waals surface area contributed by atoms with Gasteiger partial charge in [0.2, 0.25) is 0 Å². The minimum Gasteiger partial charge on any atom is -0.493 e. The number of carbonyl (C=O) groups is 2. The standard InChI is InChI=1S/C45H79NO12/c1-18-32(2)29-44(14,38(49)58-42(10,11)21-22-57-43(12,13)53-17)41(8,9)20-19-40(6,7)31-45(15,39(3,4)5)37(48)56-26-24-54-23-25-55-36-28-34(46(50)51)33(30-47)27-35(36)52-16/h27-28,32,47H,18-26,29-31H2,1-17H3. The Morgan fingerprint density at radius 1 is 0.793 bits per heavy atom. The summed E-state index contributed by atoms with van der Waals surface area (Å²) in [6, 6.07) is 2.59. The molecular weight excluding hydrogens is 746 g/mol. The number of nitrogens with zero attached hydrogens (tertiary/aromatic N) is 1. The molecule has 0 saturated carbocycles. The molecule has 1 aromatic carbocycles. The van der Waals surface area contributed by atoms with Crippen LogP contribution < -0.4 is 9.47 Å². The van der Waals surface area contributed by atoms with E-state index in [-0.39, 0.29) is 66.5 Å². The molecule has 0 spiro atoms. The Kier molecular flexibility index (Phi) is 19.7. The normalized spacial score (nSPS) is 15.6. The van der Waals surface area contributed by atoms with E-state index < -0.39 is 44.6 Å². The molecule has 13 nitrogen and oxygen atoms in total. The summed E-state index contributed by atoms with van der Waals surface area (Å²) in [5, 5.41) is 20.9. The van der Waals surface area contributed by atoms with E-state index in [2.05, 4.69) is 69.2 Å². The van der Waals surface area contributed by atoms with Gasteiger partial charge in [-0.05, 0) is 95.5 Å². The number of aliphatic hydroxyl groups is 1. The first kappa shape index (κ1) is 53.0. The van der Waals surface area contributed by atoms with Crippen LogP contribution in [0.3, 0.4) is 0 Å². The molecule has 0 saturated heterocycles. The van der Waals surface area contributed by atoms with Crippen LogP contribution >= 0.6 is 0 Å². The summed E-state index contributed by atoms with van der Waals surface area (Å²) in [4.78, 5) is 39.0. The van der Waals surface area contributed by atoms with E-state index in [1.807, 2.05) is 34.6 Å². The molecule has 1 N–H and O–H groups in total. The lowest BCUT2D eigenvalue weighted by molar-refractivity contribution is -0.386. The quantitative estimate of drug-likeness (QED) is 0.0294. The minimum absolute atomic E-state index is 0.0423. The van der Waals surface area contributed by atoms with Gasteiger partial charge in [-0.25, -0.2) is 0 Å². The molecule has 0 aliphatic rings. The number of methoxy groups -OCH3 is 2. The highest BCUT2D eigenvalue weighted by Crippen LogP contribution is 2.53. The van der Waals surface area contributed by atoms with Crippen molar-refractivity contribution in [1.82, 2.24) is 0 Å². The van der Waals surface area contributed by atoms with Crippen molar-refractivity contribution in [2.24, 2.45) is 33.0 Å². The van der Waals surface area contributed by atoms with Gasteiger partial charge in [0.1, 0.15) is 18.8 Å². The van der Waals surface area contributed by atoms with Crippen LogP contribution in [0.1, 0.15) is 148 Å². The van der Waals surface area contributed by atoms with Crippen LogP contribution in [-0.4, -0.2) is 80.6 Å². The van der Waals surface area contributed by atoms with Crippen molar-refractivity contribution in [3.8, 4) is 11.5 Å². The zero-order valence-corrected chi connectivity index (χ0v) is 39.1. The number of nitro groups is 1. The van der Waals surface area contributed by atoms with Gasteiger partial charge in [0.25, 0.3) is 5.69 Å². The summed E-state index contributed by atoms with van der Waals surface area (Å²) in [7, 11) is 3.01. The Morgan fingerprint density at radius 2 is 1.40 bits per heavy atom. The second-order valence-electron chi connectivity index (χ2n) is 19.9. The molecule has 13 heteroatoms. The predicted octanol–water partition coefficient (Wildman–Crippen LogP) is 9.86. The number of hydrogen-bond acceptors (Lipinski definition) is 12. The minimum atomic E-state index is -0.835. The molecule has 336 valence electrons. The Labute approximate surface area is 349 Å².